The highest BCUT2D eigenvalue weighted by Crippen LogP contribution is 2.39. The molecule has 3 aromatic rings. The molecule has 0 fully saturated rings. The summed E-state index contributed by atoms with van der Waals surface area (Å²) in [6, 6.07) is 2.73. The van der Waals surface area contributed by atoms with Crippen LogP contribution in [0.1, 0.15) is 47.4 Å². The van der Waals surface area contributed by atoms with E-state index in [9.17, 15) is 18.3 Å². The number of nitrogens with zero attached hydrogens (tertiary/aromatic N) is 3. The quantitative estimate of drug-likeness (QED) is 0.516. The zero-order valence-electron chi connectivity index (χ0n) is 16.1. The zero-order valence-corrected chi connectivity index (χ0v) is 17.0. The van der Waals surface area contributed by atoms with Gasteiger partial charge in [0.15, 0.2) is 16.7 Å². The second-order valence-corrected chi connectivity index (χ2v) is 7.90. The molecular formula is C20H19F3N4O3S. The van der Waals surface area contributed by atoms with Crippen molar-refractivity contribution in [2.75, 3.05) is 11.9 Å². The maximum Gasteiger partial charge on any atom is 0.418 e. The van der Waals surface area contributed by atoms with Gasteiger partial charge in [0.25, 0.3) is 0 Å². The van der Waals surface area contributed by atoms with Crippen LogP contribution >= 0.6 is 11.3 Å². The van der Waals surface area contributed by atoms with Crippen LogP contribution in [0.4, 0.5) is 24.1 Å². The summed E-state index contributed by atoms with van der Waals surface area (Å²) in [7, 11) is 0. The molecule has 11 heteroatoms. The largest absolute Gasteiger partial charge is 0.482 e. The molecule has 164 valence electrons. The van der Waals surface area contributed by atoms with E-state index < -0.39 is 30.6 Å². The zero-order chi connectivity index (χ0) is 22.0. The van der Waals surface area contributed by atoms with Crippen LogP contribution in [-0.4, -0.2) is 31.8 Å². The highest BCUT2D eigenvalue weighted by molar-refractivity contribution is 7.13. The van der Waals surface area contributed by atoms with Crippen molar-refractivity contribution >= 4 is 22.3 Å². The van der Waals surface area contributed by atoms with Gasteiger partial charge >= 0.3 is 6.18 Å². The SMILES string of the molecule is OCC(O)c1csc(Nc2ncc(C(F)(F)F)cc2OC2CCCc3cnccc32)n1. The number of hydrogen-bond acceptors (Lipinski definition) is 8. The van der Waals surface area contributed by atoms with Crippen LogP contribution < -0.4 is 10.1 Å². The molecule has 0 saturated heterocycles. The molecule has 4 rings (SSSR count). The molecule has 1 aliphatic rings. The number of nitrogens with one attached hydrogen (secondary N) is 1. The normalized spacial score (nSPS) is 17.1. The number of anilines is 2. The Morgan fingerprint density at radius 3 is 2.94 bits per heavy atom. The summed E-state index contributed by atoms with van der Waals surface area (Å²) in [4.78, 5) is 12.2. The molecule has 31 heavy (non-hydrogen) atoms. The van der Waals surface area contributed by atoms with Crippen molar-refractivity contribution in [3.05, 3.63) is 58.5 Å². The summed E-state index contributed by atoms with van der Waals surface area (Å²) in [5, 5.41) is 23.4. The van der Waals surface area contributed by atoms with Crippen molar-refractivity contribution in [3.8, 4) is 5.75 Å². The number of alkyl halides is 3. The van der Waals surface area contributed by atoms with Crippen molar-refractivity contribution in [1.29, 1.82) is 0 Å². The number of aryl methyl sites for hydroxylation is 1. The number of thiazole rings is 1. The van der Waals surface area contributed by atoms with Crippen molar-refractivity contribution in [2.24, 2.45) is 0 Å². The molecule has 0 saturated carbocycles. The third kappa shape index (κ3) is 4.78. The topological polar surface area (TPSA) is 100 Å². The number of fused-ring (bicyclic) bond motifs is 1. The molecule has 0 spiro atoms. The number of pyridine rings is 2. The highest BCUT2D eigenvalue weighted by atomic mass is 32.1. The molecule has 0 bridgehead atoms. The summed E-state index contributed by atoms with van der Waals surface area (Å²) < 4.78 is 45.9. The number of halogens is 3. The fourth-order valence-electron chi connectivity index (χ4n) is 3.34. The van der Waals surface area contributed by atoms with E-state index in [4.69, 9.17) is 9.84 Å². The fraction of sp³-hybridized carbons (Fsp3) is 0.350. The van der Waals surface area contributed by atoms with Gasteiger partial charge in [0.1, 0.15) is 12.2 Å². The average Bonchev–Trinajstić information content (AvgIpc) is 3.22. The van der Waals surface area contributed by atoms with E-state index in [2.05, 4.69) is 20.3 Å². The lowest BCUT2D eigenvalue weighted by Gasteiger charge is -2.27. The molecule has 2 unspecified atom stereocenters. The number of rotatable bonds is 6. The van der Waals surface area contributed by atoms with Gasteiger partial charge in [-0.05, 0) is 42.5 Å². The van der Waals surface area contributed by atoms with Crippen LogP contribution in [0.2, 0.25) is 0 Å². The fourth-order valence-corrected chi connectivity index (χ4v) is 4.10. The highest BCUT2D eigenvalue weighted by Gasteiger charge is 2.33. The maximum atomic E-state index is 13.3. The van der Waals surface area contributed by atoms with Gasteiger partial charge < -0.3 is 20.3 Å². The van der Waals surface area contributed by atoms with Gasteiger partial charge in [-0.2, -0.15) is 13.2 Å². The van der Waals surface area contributed by atoms with Crippen molar-refractivity contribution in [2.45, 2.75) is 37.6 Å². The van der Waals surface area contributed by atoms with Crippen molar-refractivity contribution in [1.82, 2.24) is 15.0 Å². The molecule has 3 N–H and O–H groups in total. The Bertz CT molecular complexity index is 1060. The van der Waals surface area contributed by atoms with E-state index in [-0.39, 0.29) is 17.3 Å². The predicted molar refractivity (Wildman–Crippen MR) is 107 cm³/mol. The van der Waals surface area contributed by atoms with E-state index in [1.807, 2.05) is 6.07 Å². The molecule has 0 amide bonds. The van der Waals surface area contributed by atoms with Gasteiger partial charge in [-0.25, -0.2) is 9.97 Å². The molecule has 0 aliphatic heterocycles. The first-order valence-electron chi connectivity index (χ1n) is 9.53. The second kappa shape index (κ2) is 8.77. The smallest absolute Gasteiger partial charge is 0.418 e. The monoisotopic (exact) mass is 452 g/mol. The number of aliphatic hydroxyl groups is 2. The summed E-state index contributed by atoms with van der Waals surface area (Å²) in [5.74, 6) is 0.0255. The Labute approximate surface area is 179 Å². The number of ether oxygens (including phenoxy) is 1. The minimum absolute atomic E-state index is 0.0519. The Kier molecular flexibility index (Phi) is 6.08. The predicted octanol–water partition coefficient (Wildman–Crippen LogP) is 4.18. The second-order valence-electron chi connectivity index (χ2n) is 7.04. The van der Waals surface area contributed by atoms with Crippen LogP contribution in [0, 0.1) is 0 Å². The van der Waals surface area contributed by atoms with Gasteiger partial charge in [0.05, 0.1) is 17.9 Å². The van der Waals surface area contributed by atoms with E-state index in [1.165, 1.54) is 5.38 Å². The third-order valence-corrected chi connectivity index (χ3v) is 5.69. The van der Waals surface area contributed by atoms with Gasteiger partial charge in [-0.15, -0.1) is 11.3 Å². The minimum Gasteiger partial charge on any atom is -0.482 e. The lowest BCUT2D eigenvalue weighted by atomic mass is 9.91. The Hall–Kier alpha value is -2.76. The molecule has 3 aromatic heterocycles. The number of aromatic nitrogens is 3. The van der Waals surface area contributed by atoms with Gasteiger partial charge in [0, 0.05) is 24.0 Å². The first-order chi connectivity index (χ1) is 14.8. The van der Waals surface area contributed by atoms with Crippen LogP contribution in [-0.2, 0) is 12.6 Å². The number of hydrogen-bond donors (Lipinski definition) is 3. The van der Waals surface area contributed by atoms with Crippen molar-refractivity contribution < 1.29 is 28.1 Å². The van der Waals surface area contributed by atoms with E-state index in [0.29, 0.717) is 11.6 Å². The average molecular weight is 452 g/mol. The molecular weight excluding hydrogens is 433 g/mol. The third-order valence-electron chi connectivity index (χ3n) is 4.91. The molecule has 1 aliphatic carbocycles. The Morgan fingerprint density at radius 2 is 2.16 bits per heavy atom. The van der Waals surface area contributed by atoms with Crippen LogP contribution in [0.25, 0.3) is 0 Å². The first kappa shape index (κ1) is 21.5. The van der Waals surface area contributed by atoms with Gasteiger partial charge in [-0.1, -0.05) is 0 Å². The lowest BCUT2D eigenvalue weighted by molar-refractivity contribution is -0.138. The van der Waals surface area contributed by atoms with Crippen molar-refractivity contribution in [3.63, 3.8) is 0 Å². The van der Waals surface area contributed by atoms with E-state index in [0.717, 1.165) is 47.6 Å². The summed E-state index contributed by atoms with van der Waals surface area (Å²) >= 11 is 1.12. The molecule has 0 radical (unpaired) electrons. The summed E-state index contributed by atoms with van der Waals surface area (Å²) in [5.41, 5.74) is 1.23. The summed E-state index contributed by atoms with van der Waals surface area (Å²) in [6.07, 6.45) is 0.277. The first-order valence-corrected chi connectivity index (χ1v) is 10.4. The Balaban J connectivity index is 1.66. The van der Waals surface area contributed by atoms with E-state index >= 15 is 0 Å². The summed E-state index contributed by atoms with van der Waals surface area (Å²) in [6.45, 7) is -0.494. The van der Waals surface area contributed by atoms with Crippen LogP contribution in [0.5, 0.6) is 5.75 Å². The molecule has 2 atom stereocenters. The van der Waals surface area contributed by atoms with Crippen LogP contribution in [0.15, 0.2) is 36.1 Å². The van der Waals surface area contributed by atoms with E-state index in [1.54, 1.807) is 12.4 Å². The molecule has 0 aromatic carbocycles. The maximum absolute atomic E-state index is 13.3. The Morgan fingerprint density at radius 1 is 1.32 bits per heavy atom. The molecule has 3 heterocycles. The number of aliphatic hydroxyl groups excluding tert-OH is 2. The van der Waals surface area contributed by atoms with Crippen LogP contribution in [0.3, 0.4) is 0 Å². The van der Waals surface area contributed by atoms with Gasteiger partial charge in [-0.3, -0.25) is 4.98 Å². The standard InChI is InChI=1S/C20H19F3N4O3S/c21-20(22,23)12-6-17(30-16-3-1-2-11-7-24-5-4-13(11)16)18(25-8-12)27-19-26-14(10-31-19)15(29)9-28/h4-8,10,15-16,28-29H,1-3,9H2,(H,25,26,27). The minimum atomic E-state index is -4.57. The molecule has 7 nitrogen and oxygen atoms in total. The van der Waals surface area contributed by atoms with Gasteiger partial charge in [0.2, 0.25) is 0 Å². The lowest BCUT2D eigenvalue weighted by Crippen LogP contribution is -2.17.